The Morgan fingerprint density at radius 3 is 2.43 bits per heavy atom. The topological polar surface area (TPSA) is 77.8 Å². The van der Waals surface area contributed by atoms with Gasteiger partial charge >= 0.3 is 0 Å². The zero-order chi connectivity index (χ0) is 20.9. The van der Waals surface area contributed by atoms with Crippen LogP contribution in [0.5, 0.6) is 11.6 Å². The van der Waals surface area contributed by atoms with E-state index < -0.39 is 0 Å². The van der Waals surface area contributed by atoms with Gasteiger partial charge in [-0.1, -0.05) is 24.3 Å². The van der Waals surface area contributed by atoms with Crippen molar-refractivity contribution in [1.29, 1.82) is 0 Å². The Balaban J connectivity index is 1.37. The molecule has 30 heavy (non-hydrogen) atoms. The van der Waals surface area contributed by atoms with Crippen LogP contribution in [0.4, 0.5) is 5.69 Å². The highest BCUT2D eigenvalue weighted by molar-refractivity contribution is 5.91. The lowest BCUT2D eigenvalue weighted by atomic mass is 10.1. The van der Waals surface area contributed by atoms with Gasteiger partial charge in [-0.15, -0.1) is 5.10 Å². The Hall–Kier alpha value is -3.87. The minimum atomic E-state index is -0.0254. The summed E-state index contributed by atoms with van der Waals surface area (Å²) >= 11 is 0. The van der Waals surface area contributed by atoms with Crippen LogP contribution >= 0.6 is 0 Å². The molecular weight excluding hydrogens is 380 g/mol. The average molecular weight is 402 g/mol. The van der Waals surface area contributed by atoms with Gasteiger partial charge in [0.2, 0.25) is 11.8 Å². The smallest absolute Gasteiger partial charge is 0.231 e. The maximum atomic E-state index is 12.3. The lowest BCUT2D eigenvalue weighted by Crippen LogP contribution is -2.12. The molecular formula is C23H22N4O3. The monoisotopic (exact) mass is 402 g/mol. The van der Waals surface area contributed by atoms with Gasteiger partial charge in [0.1, 0.15) is 5.75 Å². The van der Waals surface area contributed by atoms with E-state index in [0.29, 0.717) is 18.7 Å². The first-order chi connectivity index (χ1) is 14.6. The molecule has 7 nitrogen and oxygen atoms in total. The number of aromatic nitrogens is 3. The number of benzene rings is 2. The van der Waals surface area contributed by atoms with E-state index in [1.165, 1.54) is 0 Å². The number of carbonyl (C=O) groups excluding carboxylic acids is 1. The summed E-state index contributed by atoms with van der Waals surface area (Å²) in [5.41, 5.74) is 4.32. The molecule has 0 fully saturated rings. The quantitative estimate of drug-likeness (QED) is 0.506. The summed E-state index contributed by atoms with van der Waals surface area (Å²) in [5, 5.41) is 7.26. The normalized spacial score (nSPS) is 10.7. The molecule has 152 valence electrons. The molecule has 4 aromatic rings. The molecule has 0 aliphatic rings. The molecule has 2 aromatic carbocycles. The van der Waals surface area contributed by atoms with Gasteiger partial charge in [-0.05, 0) is 42.3 Å². The Labute approximate surface area is 174 Å². The van der Waals surface area contributed by atoms with E-state index in [-0.39, 0.29) is 5.91 Å². The fourth-order valence-electron chi connectivity index (χ4n) is 3.11. The van der Waals surface area contributed by atoms with Gasteiger partial charge < -0.3 is 14.8 Å². The lowest BCUT2D eigenvalue weighted by Gasteiger charge is -2.07. The largest absolute Gasteiger partial charge is 0.497 e. The van der Waals surface area contributed by atoms with Crippen LogP contribution in [0.15, 0.2) is 66.9 Å². The zero-order valence-corrected chi connectivity index (χ0v) is 16.8. The van der Waals surface area contributed by atoms with Crippen molar-refractivity contribution in [3.05, 3.63) is 72.4 Å². The number of hydrogen-bond donors (Lipinski definition) is 1. The van der Waals surface area contributed by atoms with Gasteiger partial charge in [-0.2, -0.15) is 0 Å². The molecule has 0 atom stereocenters. The average Bonchev–Trinajstić information content (AvgIpc) is 3.22. The van der Waals surface area contributed by atoms with Crippen molar-refractivity contribution >= 4 is 17.2 Å². The second-order valence-electron chi connectivity index (χ2n) is 6.78. The van der Waals surface area contributed by atoms with E-state index in [2.05, 4.69) is 15.4 Å². The molecule has 0 radical (unpaired) electrons. The van der Waals surface area contributed by atoms with Crippen molar-refractivity contribution in [2.75, 3.05) is 19.5 Å². The Bertz CT molecular complexity index is 1150. The van der Waals surface area contributed by atoms with E-state index in [1.807, 2.05) is 60.8 Å². The van der Waals surface area contributed by atoms with Crippen LogP contribution in [0.1, 0.15) is 12.0 Å². The first-order valence-electron chi connectivity index (χ1n) is 9.58. The molecule has 0 saturated carbocycles. The van der Waals surface area contributed by atoms with Gasteiger partial charge in [0, 0.05) is 23.7 Å². The molecule has 1 amide bonds. The van der Waals surface area contributed by atoms with Crippen LogP contribution in [-0.2, 0) is 11.2 Å². The number of nitrogens with zero attached hydrogens (tertiary/aromatic N) is 3. The molecule has 0 saturated heterocycles. The molecule has 0 unspecified atom stereocenters. The summed E-state index contributed by atoms with van der Waals surface area (Å²) in [6, 6.07) is 19.0. The summed E-state index contributed by atoms with van der Waals surface area (Å²) in [5.74, 6) is 1.31. The lowest BCUT2D eigenvalue weighted by molar-refractivity contribution is -0.116. The summed E-state index contributed by atoms with van der Waals surface area (Å²) in [6.07, 6.45) is 2.93. The van der Waals surface area contributed by atoms with Gasteiger partial charge in [0.25, 0.3) is 0 Å². The number of rotatable bonds is 7. The third kappa shape index (κ3) is 4.41. The van der Waals surface area contributed by atoms with Crippen LogP contribution in [0.3, 0.4) is 0 Å². The standard InChI is InChI=1S/C23H22N4O3/c1-29-19-10-3-16(4-11-19)5-13-22(28)24-18-8-6-17(7-9-18)20-15-27-21(25-20)12-14-23(26-27)30-2/h3-4,6-12,14-15H,5,13H2,1-2H3,(H,24,28). The summed E-state index contributed by atoms with van der Waals surface area (Å²) < 4.78 is 12.0. The van der Waals surface area contributed by atoms with Crippen molar-refractivity contribution in [2.24, 2.45) is 0 Å². The van der Waals surface area contributed by atoms with E-state index in [4.69, 9.17) is 9.47 Å². The minimum Gasteiger partial charge on any atom is -0.497 e. The highest BCUT2D eigenvalue weighted by atomic mass is 16.5. The number of anilines is 1. The first kappa shape index (κ1) is 19.4. The van der Waals surface area contributed by atoms with Gasteiger partial charge in [-0.3, -0.25) is 4.79 Å². The summed E-state index contributed by atoms with van der Waals surface area (Å²) in [6.45, 7) is 0. The Morgan fingerprint density at radius 2 is 1.73 bits per heavy atom. The van der Waals surface area contributed by atoms with Crippen LogP contribution in [0.2, 0.25) is 0 Å². The third-order valence-corrected chi connectivity index (χ3v) is 4.77. The summed E-state index contributed by atoms with van der Waals surface area (Å²) in [4.78, 5) is 16.8. The molecule has 7 heteroatoms. The SMILES string of the molecule is COc1ccc(CCC(=O)Nc2ccc(-c3cn4nc(OC)ccc4n3)cc2)cc1. The van der Waals surface area contributed by atoms with Crippen molar-refractivity contribution in [3.8, 4) is 22.9 Å². The maximum absolute atomic E-state index is 12.3. The number of ether oxygens (including phenoxy) is 2. The molecule has 2 aromatic heterocycles. The number of fused-ring (bicyclic) bond motifs is 1. The van der Waals surface area contributed by atoms with Gasteiger partial charge in [0.15, 0.2) is 5.65 Å². The van der Waals surface area contributed by atoms with Crippen LogP contribution in [0.25, 0.3) is 16.9 Å². The number of carbonyl (C=O) groups is 1. The molecule has 2 heterocycles. The second kappa shape index (κ2) is 8.65. The molecule has 0 spiro atoms. The molecule has 0 aliphatic heterocycles. The highest BCUT2D eigenvalue weighted by Crippen LogP contribution is 2.22. The maximum Gasteiger partial charge on any atom is 0.231 e. The Kier molecular flexibility index (Phi) is 5.61. The number of nitrogens with one attached hydrogen (secondary N) is 1. The first-order valence-corrected chi connectivity index (χ1v) is 9.58. The number of methoxy groups -OCH3 is 2. The summed E-state index contributed by atoms with van der Waals surface area (Å²) in [7, 11) is 3.22. The van der Waals surface area contributed by atoms with Crippen molar-refractivity contribution in [2.45, 2.75) is 12.8 Å². The van der Waals surface area contributed by atoms with E-state index in [1.54, 1.807) is 24.8 Å². The van der Waals surface area contributed by atoms with Gasteiger partial charge in [-0.25, -0.2) is 9.50 Å². The molecule has 0 bridgehead atoms. The van der Waals surface area contributed by atoms with Crippen LogP contribution in [0, 0.1) is 0 Å². The third-order valence-electron chi connectivity index (χ3n) is 4.77. The Morgan fingerprint density at radius 1 is 0.967 bits per heavy atom. The molecule has 0 aliphatic carbocycles. The fraction of sp³-hybridized carbons (Fsp3) is 0.174. The fourth-order valence-corrected chi connectivity index (χ4v) is 3.11. The van der Waals surface area contributed by atoms with E-state index in [9.17, 15) is 4.79 Å². The van der Waals surface area contributed by atoms with Crippen LogP contribution < -0.4 is 14.8 Å². The van der Waals surface area contributed by atoms with Crippen molar-refractivity contribution in [1.82, 2.24) is 14.6 Å². The van der Waals surface area contributed by atoms with Crippen molar-refractivity contribution < 1.29 is 14.3 Å². The number of hydrogen-bond acceptors (Lipinski definition) is 5. The second-order valence-corrected chi connectivity index (χ2v) is 6.78. The molecule has 1 N–H and O–H groups in total. The number of aryl methyl sites for hydroxylation is 1. The van der Waals surface area contributed by atoms with E-state index >= 15 is 0 Å². The van der Waals surface area contributed by atoms with E-state index in [0.717, 1.165) is 33.9 Å². The minimum absolute atomic E-state index is 0.0254. The number of imidazole rings is 1. The zero-order valence-electron chi connectivity index (χ0n) is 16.8. The van der Waals surface area contributed by atoms with Crippen molar-refractivity contribution in [3.63, 3.8) is 0 Å². The van der Waals surface area contributed by atoms with Crippen LogP contribution in [-0.4, -0.2) is 34.7 Å². The predicted octanol–water partition coefficient (Wildman–Crippen LogP) is 3.98. The number of amides is 1. The predicted molar refractivity (Wildman–Crippen MR) is 115 cm³/mol. The molecule has 4 rings (SSSR count). The highest BCUT2D eigenvalue weighted by Gasteiger charge is 2.08. The van der Waals surface area contributed by atoms with Gasteiger partial charge in [0.05, 0.1) is 26.1 Å².